The average molecular weight is 274 g/mol. The molecule has 3 N–H and O–H groups in total. The molecule has 100 valence electrons. The van der Waals surface area contributed by atoms with Crippen LogP contribution in [-0.2, 0) is 10.0 Å². The summed E-state index contributed by atoms with van der Waals surface area (Å²) >= 11 is 0. The van der Waals surface area contributed by atoms with Crippen LogP contribution in [0.15, 0.2) is 18.2 Å². The number of hydrogen-bond donors (Lipinski definition) is 2. The van der Waals surface area contributed by atoms with Crippen molar-refractivity contribution in [1.82, 2.24) is 5.32 Å². The maximum atomic E-state index is 12.8. The van der Waals surface area contributed by atoms with Gasteiger partial charge in [0.15, 0.2) is 0 Å². The van der Waals surface area contributed by atoms with Crippen molar-refractivity contribution in [3.63, 3.8) is 0 Å². The molecule has 0 fully saturated rings. The summed E-state index contributed by atoms with van der Waals surface area (Å²) in [6.45, 7) is 1.83. The van der Waals surface area contributed by atoms with Crippen LogP contribution in [0.1, 0.15) is 22.3 Å². The Kier molecular flexibility index (Phi) is 4.80. The minimum atomic E-state index is -3.50. The summed E-state index contributed by atoms with van der Waals surface area (Å²) in [5.74, 6) is -0.949. The van der Waals surface area contributed by atoms with E-state index in [1.165, 1.54) is 18.2 Å². The van der Waals surface area contributed by atoms with E-state index < -0.39 is 15.8 Å². The fourth-order valence-electron chi connectivity index (χ4n) is 1.45. The summed E-state index contributed by atoms with van der Waals surface area (Å²) in [5, 5.41) is 7.37. The SMILES string of the molecule is Cc1cc(F)ccc1C(=O)NCCCS(N)(=O)=O. The second-order valence-electron chi connectivity index (χ2n) is 3.94. The van der Waals surface area contributed by atoms with Gasteiger partial charge in [-0.05, 0) is 37.1 Å². The summed E-state index contributed by atoms with van der Waals surface area (Å²) in [5.41, 5.74) is 0.894. The van der Waals surface area contributed by atoms with E-state index in [2.05, 4.69) is 5.32 Å². The van der Waals surface area contributed by atoms with Gasteiger partial charge in [0, 0.05) is 12.1 Å². The van der Waals surface area contributed by atoms with E-state index in [9.17, 15) is 17.6 Å². The quantitative estimate of drug-likeness (QED) is 0.768. The molecule has 0 aliphatic heterocycles. The summed E-state index contributed by atoms with van der Waals surface area (Å²) < 4.78 is 34.2. The third kappa shape index (κ3) is 4.80. The van der Waals surface area contributed by atoms with Crippen molar-refractivity contribution >= 4 is 15.9 Å². The van der Waals surface area contributed by atoms with Gasteiger partial charge in [0.2, 0.25) is 10.0 Å². The molecule has 0 spiro atoms. The Morgan fingerprint density at radius 1 is 1.44 bits per heavy atom. The van der Waals surface area contributed by atoms with Crippen molar-refractivity contribution in [3.05, 3.63) is 35.1 Å². The van der Waals surface area contributed by atoms with E-state index in [1.54, 1.807) is 6.92 Å². The maximum absolute atomic E-state index is 12.8. The van der Waals surface area contributed by atoms with E-state index in [0.29, 0.717) is 11.1 Å². The number of nitrogens with one attached hydrogen (secondary N) is 1. The van der Waals surface area contributed by atoms with E-state index in [0.717, 1.165) is 0 Å². The van der Waals surface area contributed by atoms with E-state index in [4.69, 9.17) is 5.14 Å². The van der Waals surface area contributed by atoms with E-state index in [-0.39, 0.29) is 24.6 Å². The number of nitrogens with two attached hydrogens (primary N) is 1. The highest BCUT2D eigenvalue weighted by molar-refractivity contribution is 7.89. The molecule has 1 aromatic rings. The molecule has 7 heteroatoms. The van der Waals surface area contributed by atoms with E-state index in [1.807, 2.05) is 0 Å². The molecule has 5 nitrogen and oxygen atoms in total. The zero-order chi connectivity index (χ0) is 13.8. The first-order valence-electron chi connectivity index (χ1n) is 5.34. The second-order valence-corrected chi connectivity index (χ2v) is 5.67. The molecule has 0 aromatic heterocycles. The largest absolute Gasteiger partial charge is 0.352 e. The number of benzene rings is 1. The average Bonchev–Trinajstić information content (AvgIpc) is 2.22. The summed E-state index contributed by atoms with van der Waals surface area (Å²) in [7, 11) is -3.50. The second kappa shape index (κ2) is 5.92. The fourth-order valence-corrected chi connectivity index (χ4v) is 2.00. The molecular weight excluding hydrogens is 259 g/mol. The van der Waals surface area contributed by atoms with Crippen LogP contribution in [0.25, 0.3) is 0 Å². The minimum Gasteiger partial charge on any atom is -0.352 e. The number of hydrogen-bond acceptors (Lipinski definition) is 3. The standard InChI is InChI=1S/C11H15FN2O3S/c1-8-7-9(12)3-4-10(8)11(15)14-5-2-6-18(13,16)17/h3-4,7H,2,5-6H2,1H3,(H,14,15)(H2,13,16,17). The summed E-state index contributed by atoms with van der Waals surface area (Å²) in [6.07, 6.45) is 0.241. The lowest BCUT2D eigenvalue weighted by Crippen LogP contribution is -2.27. The Morgan fingerprint density at radius 2 is 2.11 bits per heavy atom. The van der Waals surface area contributed by atoms with Gasteiger partial charge >= 0.3 is 0 Å². The van der Waals surface area contributed by atoms with Crippen LogP contribution >= 0.6 is 0 Å². The van der Waals surface area contributed by atoms with Crippen molar-refractivity contribution in [2.24, 2.45) is 5.14 Å². The molecule has 1 amide bonds. The number of amides is 1. The van der Waals surface area contributed by atoms with Crippen LogP contribution in [0.3, 0.4) is 0 Å². The first kappa shape index (κ1) is 14.6. The molecule has 0 atom stereocenters. The smallest absolute Gasteiger partial charge is 0.251 e. The molecular formula is C11H15FN2O3S. The number of carbonyl (C=O) groups excluding carboxylic acids is 1. The zero-order valence-electron chi connectivity index (χ0n) is 9.94. The molecule has 0 saturated heterocycles. The number of sulfonamides is 1. The van der Waals surface area contributed by atoms with Crippen molar-refractivity contribution in [3.8, 4) is 0 Å². The third-order valence-corrected chi connectivity index (χ3v) is 3.18. The van der Waals surface area contributed by atoms with Crippen LogP contribution in [0.4, 0.5) is 4.39 Å². The van der Waals surface area contributed by atoms with Crippen molar-refractivity contribution < 1.29 is 17.6 Å². The fraction of sp³-hybridized carbons (Fsp3) is 0.364. The predicted molar refractivity (Wildman–Crippen MR) is 66.1 cm³/mol. The lowest BCUT2D eigenvalue weighted by atomic mass is 10.1. The van der Waals surface area contributed by atoms with Gasteiger partial charge in [-0.1, -0.05) is 0 Å². The number of halogens is 1. The minimum absolute atomic E-state index is 0.185. The van der Waals surface area contributed by atoms with Gasteiger partial charge in [-0.25, -0.2) is 17.9 Å². The van der Waals surface area contributed by atoms with Gasteiger partial charge in [-0.2, -0.15) is 0 Å². The molecule has 18 heavy (non-hydrogen) atoms. The lowest BCUT2D eigenvalue weighted by molar-refractivity contribution is 0.0953. The number of primary sulfonamides is 1. The Labute approximate surface area is 105 Å². The van der Waals surface area contributed by atoms with Gasteiger partial charge in [0.05, 0.1) is 5.75 Å². The monoisotopic (exact) mass is 274 g/mol. The molecule has 0 aliphatic rings. The molecule has 0 heterocycles. The van der Waals surface area contributed by atoms with Gasteiger partial charge in [0.1, 0.15) is 5.82 Å². The highest BCUT2D eigenvalue weighted by Crippen LogP contribution is 2.09. The van der Waals surface area contributed by atoms with Gasteiger partial charge in [-0.15, -0.1) is 0 Å². The molecule has 1 rings (SSSR count). The van der Waals surface area contributed by atoms with Crippen molar-refractivity contribution in [1.29, 1.82) is 0 Å². The molecule has 1 aromatic carbocycles. The third-order valence-electron chi connectivity index (χ3n) is 2.32. The van der Waals surface area contributed by atoms with Crippen LogP contribution < -0.4 is 10.5 Å². The molecule has 0 radical (unpaired) electrons. The normalized spacial score (nSPS) is 11.3. The highest BCUT2D eigenvalue weighted by atomic mass is 32.2. The molecule has 0 unspecified atom stereocenters. The first-order chi connectivity index (χ1) is 8.29. The molecule has 0 bridgehead atoms. The Hall–Kier alpha value is -1.47. The maximum Gasteiger partial charge on any atom is 0.251 e. The number of aryl methyl sites for hydroxylation is 1. The van der Waals surface area contributed by atoms with Crippen LogP contribution in [0.5, 0.6) is 0 Å². The van der Waals surface area contributed by atoms with Gasteiger partial charge < -0.3 is 5.32 Å². The lowest BCUT2D eigenvalue weighted by Gasteiger charge is -2.07. The first-order valence-corrected chi connectivity index (χ1v) is 7.06. The van der Waals surface area contributed by atoms with Crippen LogP contribution in [0.2, 0.25) is 0 Å². The molecule has 0 saturated carbocycles. The zero-order valence-corrected chi connectivity index (χ0v) is 10.8. The highest BCUT2D eigenvalue weighted by Gasteiger charge is 2.09. The topological polar surface area (TPSA) is 89.3 Å². The Balaban J connectivity index is 2.51. The van der Waals surface area contributed by atoms with E-state index >= 15 is 0 Å². The van der Waals surface area contributed by atoms with Gasteiger partial charge in [0.25, 0.3) is 5.91 Å². The Bertz CT molecular complexity index is 543. The number of carbonyl (C=O) groups is 1. The van der Waals surface area contributed by atoms with Crippen molar-refractivity contribution in [2.45, 2.75) is 13.3 Å². The van der Waals surface area contributed by atoms with Crippen molar-refractivity contribution in [2.75, 3.05) is 12.3 Å². The predicted octanol–water partition coefficient (Wildman–Crippen LogP) is 0.543. The van der Waals surface area contributed by atoms with Crippen LogP contribution in [-0.4, -0.2) is 26.6 Å². The summed E-state index contributed by atoms with van der Waals surface area (Å²) in [4.78, 5) is 11.7. The number of rotatable bonds is 5. The van der Waals surface area contributed by atoms with Gasteiger partial charge in [-0.3, -0.25) is 4.79 Å². The molecule has 0 aliphatic carbocycles. The summed E-state index contributed by atoms with van der Waals surface area (Å²) in [6, 6.07) is 3.85. The van der Waals surface area contributed by atoms with Crippen LogP contribution in [0, 0.1) is 12.7 Å². The Morgan fingerprint density at radius 3 is 2.67 bits per heavy atom.